The van der Waals surface area contributed by atoms with E-state index in [9.17, 15) is 9.90 Å². The maximum atomic E-state index is 13.1. The van der Waals surface area contributed by atoms with E-state index >= 15 is 0 Å². The summed E-state index contributed by atoms with van der Waals surface area (Å²) in [4.78, 5) is 13.1. The number of rotatable bonds is 3. The number of hydrogen-bond donors (Lipinski definition) is 1. The standard InChI is InChI=1S/C22H18O4/c1-25-20(23)22(17-12-6-3-7-13-17)21(24,16-10-4-2-5-11-16)18-14-8-9-15-19(18)26-22/h2-15,24H,1H3/t21-,22-/m1/s1. The lowest BCUT2D eigenvalue weighted by molar-refractivity contribution is -0.179. The molecule has 0 radical (unpaired) electrons. The Hall–Kier alpha value is -3.11. The number of ether oxygens (including phenoxy) is 2. The molecule has 0 bridgehead atoms. The number of carbonyl (C=O) groups is 1. The van der Waals surface area contributed by atoms with E-state index in [2.05, 4.69) is 0 Å². The van der Waals surface area contributed by atoms with Crippen molar-refractivity contribution in [3.05, 3.63) is 102 Å². The van der Waals surface area contributed by atoms with Gasteiger partial charge < -0.3 is 14.6 Å². The van der Waals surface area contributed by atoms with Crippen LogP contribution in [-0.2, 0) is 20.7 Å². The zero-order valence-corrected chi connectivity index (χ0v) is 14.3. The molecule has 1 heterocycles. The van der Waals surface area contributed by atoms with E-state index < -0.39 is 17.2 Å². The summed E-state index contributed by atoms with van der Waals surface area (Å²) in [7, 11) is 1.30. The van der Waals surface area contributed by atoms with Gasteiger partial charge in [-0.2, -0.15) is 0 Å². The molecule has 4 nitrogen and oxygen atoms in total. The molecular formula is C22H18O4. The maximum absolute atomic E-state index is 13.1. The van der Waals surface area contributed by atoms with Crippen LogP contribution in [-0.4, -0.2) is 18.2 Å². The molecule has 0 saturated heterocycles. The van der Waals surface area contributed by atoms with Crippen molar-refractivity contribution < 1.29 is 19.4 Å². The van der Waals surface area contributed by atoms with Crippen LogP contribution >= 0.6 is 0 Å². The fourth-order valence-electron chi connectivity index (χ4n) is 3.71. The number of benzene rings is 3. The molecule has 0 spiro atoms. The Kier molecular flexibility index (Phi) is 3.78. The third-order valence-electron chi connectivity index (χ3n) is 4.89. The van der Waals surface area contributed by atoms with Crippen LogP contribution in [0.1, 0.15) is 16.7 Å². The summed E-state index contributed by atoms with van der Waals surface area (Å²) in [5.41, 5.74) is -1.87. The fraction of sp³-hybridized carbons (Fsp3) is 0.136. The highest BCUT2D eigenvalue weighted by Gasteiger charge is 2.67. The highest BCUT2D eigenvalue weighted by molar-refractivity contribution is 5.87. The Balaban J connectivity index is 2.09. The Morgan fingerprint density at radius 3 is 2.00 bits per heavy atom. The molecule has 130 valence electrons. The van der Waals surface area contributed by atoms with E-state index in [1.165, 1.54) is 7.11 Å². The molecule has 4 heteroatoms. The number of carbonyl (C=O) groups excluding carboxylic acids is 1. The highest BCUT2D eigenvalue weighted by Crippen LogP contribution is 2.56. The number of hydrogen-bond acceptors (Lipinski definition) is 4. The zero-order valence-electron chi connectivity index (χ0n) is 14.3. The molecule has 26 heavy (non-hydrogen) atoms. The SMILES string of the molecule is COC(=O)[C@@]1(c2ccccc2)Oc2ccccc2[C@]1(O)c1ccccc1. The van der Waals surface area contributed by atoms with Gasteiger partial charge in [0.15, 0.2) is 5.60 Å². The predicted molar refractivity (Wildman–Crippen MR) is 96.6 cm³/mol. The number of aliphatic hydroxyl groups is 1. The van der Waals surface area contributed by atoms with Crippen molar-refractivity contribution in [3.63, 3.8) is 0 Å². The molecule has 3 aromatic carbocycles. The second-order valence-corrected chi connectivity index (χ2v) is 6.21. The molecule has 0 unspecified atom stereocenters. The van der Waals surface area contributed by atoms with E-state index in [1.807, 2.05) is 36.4 Å². The van der Waals surface area contributed by atoms with E-state index in [-0.39, 0.29) is 0 Å². The Morgan fingerprint density at radius 2 is 1.38 bits per heavy atom. The van der Waals surface area contributed by atoms with Gasteiger partial charge in [-0.25, -0.2) is 4.79 Å². The third-order valence-corrected chi connectivity index (χ3v) is 4.89. The zero-order chi connectivity index (χ0) is 18.2. The van der Waals surface area contributed by atoms with Crippen molar-refractivity contribution in [2.75, 3.05) is 7.11 Å². The van der Waals surface area contributed by atoms with Gasteiger partial charge in [0.25, 0.3) is 5.60 Å². The van der Waals surface area contributed by atoms with Crippen LogP contribution < -0.4 is 4.74 Å². The van der Waals surface area contributed by atoms with Gasteiger partial charge in [-0.3, -0.25) is 0 Å². The van der Waals surface area contributed by atoms with Crippen molar-refractivity contribution >= 4 is 5.97 Å². The maximum Gasteiger partial charge on any atom is 0.358 e. The van der Waals surface area contributed by atoms with E-state index in [0.29, 0.717) is 22.4 Å². The van der Waals surface area contributed by atoms with Crippen molar-refractivity contribution in [3.8, 4) is 5.75 Å². The van der Waals surface area contributed by atoms with Gasteiger partial charge in [0, 0.05) is 11.1 Å². The number of esters is 1. The monoisotopic (exact) mass is 346 g/mol. The van der Waals surface area contributed by atoms with Gasteiger partial charge in [-0.05, 0) is 11.6 Å². The van der Waals surface area contributed by atoms with E-state index in [1.54, 1.807) is 48.5 Å². The minimum atomic E-state index is -1.74. The first kappa shape index (κ1) is 16.4. The lowest BCUT2D eigenvalue weighted by atomic mass is 9.71. The normalized spacial score (nSPS) is 23.8. The number of fused-ring (bicyclic) bond motifs is 1. The van der Waals surface area contributed by atoms with Crippen molar-refractivity contribution in [1.82, 2.24) is 0 Å². The molecular weight excluding hydrogens is 328 g/mol. The topological polar surface area (TPSA) is 55.8 Å². The number of methoxy groups -OCH3 is 1. The lowest BCUT2D eigenvalue weighted by Crippen LogP contribution is -2.55. The van der Waals surface area contributed by atoms with Crippen LogP contribution in [0.5, 0.6) is 5.75 Å². The average Bonchev–Trinajstić information content (AvgIpc) is 3.00. The first-order valence-corrected chi connectivity index (χ1v) is 8.35. The predicted octanol–water partition coefficient (Wildman–Crippen LogP) is 3.38. The summed E-state index contributed by atoms with van der Waals surface area (Å²) in [6.45, 7) is 0. The summed E-state index contributed by atoms with van der Waals surface area (Å²) < 4.78 is 11.3. The molecule has 0 aromatic heterocycles. The summed E-state index contributed by atoms with van der Waals surface area (Å²) in [5.74, 6) is -0.209. The van der Waals surface area contributed by atoms with Gasteiger partial charge in [0.2, 0.25) is 0 Å². The Labute approximate surface area is 151 Å². The molecule has 3 aromatic rings. The lowest BCUT2D eigenvalue weighted by Gasteiger charge is -2.39. The first-order chi connectivity index (χ1) is 12.6. The molecule has 0 fully saturated rings. The summed E-state index contributed by atoms with van der Waals surface area (Å²) >= 11 is 0. The molecule has 0 amide bonds. The molecule has 4 rings (SSSR count). The molecule has 1 aliphatic heterocycles. The molecule has 0 aliphatic carbocycles. The first-order valence-electron chi connectivity index (χ1n) is 8.35. The Morgan fingerprint density at radius 1 is 0.846 bits per heavy atom. The summed E-state index contributed by atoms with van der Waals surface area (Å²) in [6, 6.07) is 25.2. The molecule has 0 saturated carbocycles. The van der Waals surface area contributed by atoms with Gasteiger partial charge in [-0.15, -0.1) is 0 Å². The van der Waals surface area contributed by atoms with Crippen LogP contribution in [0.2, 0.25) is 0 Å². The summed E-state index contributed by atoms with van der Waals surface area (Å²) in [5, 5.41) is 12.1. The van der Waals surface area contributed by atoms with Crippen LogP contribution in [0.4, 0.5) is 0 Å². The van der Waals surface area contributed by atoms with Crippen LogP contribution in [0.25, 0.3) is 0 Å². The quantitative estimate of drug-likeness (QED) is 0.739. The second kappa shape index (κ2) is 6.00. The minimum absolute atomic E-state index is 0.452. The number of para-hydroxylation sites is 1. The fourth-order valence-corrected chi connectivity index (χ4v) is 3.71. The second-order valence-electron chi connectivity index (χ2n) is 6.21. The minimum Gasteiger partial charge on any atom is -0.466 e. The Bertz CT molecular complexity index is 939. The smallest absolute Gasteiger partial charge is 0.358 e. The van der Waals surface area contributed by atoms with Crippen molar-refractivity contribution in [1.29, 1.82) is 0 Å². The van der Waals surface area contributed by atoms with Gasteiger partial charge in [0.05, 0.1) is 7.11 Å². The van der Waals surface area contributed by atoms with Crippen LogP contribution in [0, 0.1) is 0 Å². The van der Waals surface area contributed by atoms with Gasteiger partial charge in [0.1, 0.15) is 5.75 Å². The molecule has 1 aliphatic rings. The van der Waals surface area contributed by atoms with Crippen LogP contribution in [0.15, 0.2) is 84.9 Å². The van der Waals surface area contributed by atoms with Crippen molar-refractivity contribution in [2.24, 2.45) is 0 Å². The van der Waals surface area contributed by atoms with Gasteiger partial charge >= 0.3 is 5.97 Å². The van der Waals surface area contributed by atoms with E-state index in [0.717, 1.165) is 0 Å². The van der Waals surface area contributed by atoms with Crippen LogP contribution in [0.3, 0.4) is 0 Å². The third kappa shape index (κ3) is 2.02. The largest absolute Gasteiger partial charge is 0.466 e. The molecule has 1 N–H and O–H groups in total. The van der Waals surface area contributed by atoms with Gasteiger partial charge in [-0.1, -0.05) is 78.9 Å². The highest BCUT2D eigenvalue weighted by atomic mass is 16.6. The van der Waals surface area contributed by atoms with Crippen molar-refractivity contribution in [2.45, 2.75) is 11.2 Å². The molecule has 2 atom stereocenters. The average molecular weight is 346 g/mol. The summed E-state index contributed by atoms with van der Waals surface area (Å²) in [6.07, 6.45) is 0. The van der Waals surface area contributed by atoms with E-state index in [4.69, 9.17) is 9.47 Å².